The molecule has 0 bridgehead atoms. The molecule has 0 atom stereocenters. The summed E-state index contributed by atoms with van der Waals surface area (Å²) in [7, 11) is 0. The predicted octanol–water partition coefficient (Wildman–Crippen LogP) is 1.69. The molecule has 2 amide bonds. The van der Waals surface area contributed by atoms with E-state index >= 15 is 0 Å². The molecule has 0 aliphatic heterocycles. The van der Waals surface area contributed by atoms with Crippen molar-refractivity contribution in [1.29, 1.82) is 0 Å². The third-order valence-electron chi connectivity index (χ3n) is 2.52. The summed E-state index contributed by atoms with van der Waals surface area (Å²) in [6.07, 6.45) is 2.03. The van der Waals surface area contributed by atoms with Gasteiger partial charge in [0, 0.05) is 31.3 Å². The van der Waals surface area contributed by atoms with E-state index in [1.807, 2.05) is 13.8 Å². The van der Waals surface area contributed by atoms with Crippen LogP contribution in [0.5, 0.6) is 0 Å². The minimum atomic E-state index is -0.169. The molecule has 0 saturated heterocycles. The lowest BCUT2D eigenvalue weighted by molar-refractivity contribution is 0.217. The smallest absolute Gasteiger partial charge is 0.322 e. The first kappa shape index (κ1) is 15.0. The Hall–Kier alpha value is -2.06. The number of carbonyl (C=O) groups is 1. The molecule has 0 radical (unpaired) electrons. The van der Waals surface area contributed by atoms with Crippen molar-refractivity contribution in [3.63, 3.8) is 0 Å². The van der Waals surface area contributed by atoms with E-state index < -0.39 is 0 Å². The summed E-state index contributed by atoms with van der Waals surface area (Å²) < 4.78 is 0. The van der Waals surface area contributed by atoms with Gasteiger partial charge >= 0.3 is 6.03 Å². The van der Waals surface area contributed by atoms with Crippen molar-refractivity contribution < 1.29 is 9.90 Å². The zero-order valence-corrected chi connectivity index (χ0v) is 11.3. The summed E-state index contributed by atoms with van der Waals surface area (Å²) in [5, 5.41) is 11.4. The number of nitrogens with one attached hydrogen (secondary N) is 1. The largest absolute Gasteiger partial charge is 0.395 e. The average Bonchev–Trinajstić information content (AvgIpc) is 2.41. The van der Waals surface area contributed by atoms with Crippen LogP contribution in [0.4, 0.5) is 10.6 Å². The average molecular weight is 261 g/mol. The van der Waals surface area contributed by atoms with E-state index in [1.165, 1.54) is 0 Å². The van der Waals surface area contributed by atoms with E-state index in [0.717, 1.165) is 5.56 Å². The maximum absolute atomic E-state index is 11.9. The molecule has 0 aliphatic rings. The quantitative estimate of drug-likeness (QED) is 0.811. The molecule has 102 valence electrons. The lowest BCUT2D eigenvalue weighted by Crippen LogP contribution is -2.34. The Labute approximate surface area is 113 Å². The van der Waals surface area contributed by atoms with Gasteiger partial charge in [0.05, 0.1) is 6.61 Å². The second-order valence-electron chi connectivity index (χ2n) is 3.81. The van der Waals surface area contributed by atoms with Gasteiger partial charge in [0.15, 0.2) is 0 Å². The molecule has 1 heterocycles. The lowest BCUT2D eigenvalue weighted by Gasteiger charge is -2.18. The van der Waals surface area contributed by atoms with Gasteiger partial charge in [0.25, 0.3) is 0 Å². The van der Waals surface area contributed by atoms with Crippen LogP contribution in [0.1, 0.15) is 25.8 Å². The van der Waals surface area contributed by atoms with Crippen molar-refractivity contribution in [2.45, 2.75) is 20.3 Å². The summed E-state index contributed by atoms with van der Waals surface area (Å²) in [6.45, 7) is 5.20. The number of urea groups is 1. The molecular weight excluding hydrogens is 242 g/mol. The van der Waals surface area contributed by atoms with Crippen LogP contribution in [-0.4, -0.2) is 40.7 Å². The molecule has 1 rings (SSSR count). The molecule has 0 spiro atoms. The number of aromatic nitrogens is 1. The van der Waals surface area contributed by atoms with E-state index in [4.69, 9.17) is 5.11 Å². The van der Waals surface area contributed by atoms with Gasteiger partial charge in [-0.1, -0.05) is 11.8 Å². The van der Waals surface area contributed by atoms with Crippen LogP contribution in [0.15, 0.2) is 18.3 Å². The molecular formula is C14H19N3O2. The molecule has 1 aromatic rings. The van der Waals surface area contributed by atoms with Gasteiger partial charge in [-0.25, -0.2) is 9.78 Å². The minimum absolute atomic E-state index is 0.0453. The Morgan fingerprint density at radius 2 is 2.21 bits per heavy atom. The van der Waals surface area contributed by atoms with Crippen LogP contribution in [0.2, 0.25) is 0 Å². The number of aliphatic hydroxyl groups is 1. The van der Waals surface area contributed by atoms with Crippen molar-refractivity contribution in [3.8, 4) is 11.8 Å². The van der Waals surface area contributed by atoms with Crippen molar-refractivity contribution in [2.24, 2.45) is 0 Å². The third kappa shape index (κ3) is 4.98. The molecule has 0 aliphatic carbocycles. The van der Waals surface area contributed by atoms with Gasteiger partial charge in [-0.05, 0) is 26.0 Å². The van der Waals surface area contributed by atoms with Gasteiger partial charge in [-0.2, -0.15) is 0 Å². The number of nitrogens with zero attached hydrogens (tertiary/aromatic N) is 2. The standard InChI is InChI=1S/C14H19N3O2/c1-3-17(4-2)14(19)16-13-11-12(8-9-15-13)7-5-6-10-18/h8-9,11,18H,3-4,6,10H2,1-2H3,(H,15,16,19). The molecule has 0 fully saturated rings. The Kier molecular flexibility index (Phi) is 6.41. The SMILES string of the molecule is CCN(CC)C(=O)Nc1cc(C#CCCO)ccn1. The van der Waals surface area contributed by atoms with E-state index in [-0.39, 0.29) is 12.6 Å². The molecule has 1 aromatic heterocycles. The van der Waals surface area contributed by atoms with Crippen molar-refractivity contribution in [2.75, 3.05) is 25.0 Å². The Bertz CT molecular complexity index is 473. The van der Waals surface area contributed by atoms with Gasteiger partial charge < -0.3 is 10.0 Å². The topological polar surface area (TPSA) is 65.5 Å². The van der Waals surface area contributed by atoms with E-state index in [2.05, 4.69) is 22.1 Å². The van der Waals surface area contributed by atoms with Crippen LogP contribution >= 0.6 is 0 Å². The maximum Gasteiger partial charge on any atom is 0.322 e. The van der Waals surface area contributed by atoms with Crippen LogP contribution in [0, 0.1) is 11.8 Å². The first-order valence-corrected chi connectivity index (χ1v) is 6.33. The highest BCUT2D eigenvalue weighted by molar-refractivity contribution is 5.88. The predicted molar refractivity (Wildman–Crippen MR) is 74.8 cm³/mol. The van der Waals surface area contributed by atoms with Crippen molar-refractivity contribution in [3.05, 3.63) is 23.9 Å². The second kappa shape index (κ2) is 8.11. The van der Waals surface area contributed by atoms with E-state index in [0.29, 0.717) is 25.3 Å². The third-order valence-corrected chi connectivity index (χ3v) is 2.52. The second-order valence-corrected chi connectivity index (χ2v) is 3.81. The molecule has 0 saturated carbocycles. The normalized spacial score (nSPS) is 9.42. The number of rotatable bonds is 4. The van der Waals surface area contributed by atoms with Crippen LogP contribution in [-0.2, 0) is 0 Å². The molecule has 2 N–H and O–H groups in total. The summed E-state index contributed by atoms with van der Waals surface area (Å²) in [5.41, 5.74) is 0.762. The van der Waals surface area contributed by atoms with Gasteiger partial charge in [-0.3, -0.25) is 5.32 Å². The summed E-state index contributed by atoms with van der Waals surface area (Å²) in [6, 6.07) is 3.31. The molecule has 0 aromatic carbocycles. The highest BCUT2D eigenvalue weighted by Crippen LogP contribution is 2.07. The first-order valence-electron chi connectivity index (χ1n) is 6.33. The minimum Gasteiger partial charge on any atom is -0.395 e. The molecule has 0 unspecified atom stereocenters. The molecule has 5 nitrogen and oxygen atoms in total. The van der Waals surface area contributed by atoms with Crippen molar-refractivity contribution in [1.82, 2.24) is 9.88 Å². The fourth-order valence-corrected chi connectivity index (χ4v) is 1.50. The van der Waals surface area contributed by atoms with Crippen LogP contribution < -0.4 is 5.32 Å². The number of aliphatic hydroxyl groups excluding tert-OH is 1. The number of pyridine rings is 1. The Balaban J connectivity index is 2.72. The zero-order chi connectivity index (χ0) is 14.1. The number of amides is 2. The number of hydrogen-bond donors (Lipinski definition) is 2. The Morgan fingerprint density at radius 1 is 1.47 bits per heavy atom. The van der Waals surface area contributed by atoms with Crippen LogP contribution in [0.25, 0.3) is 0 Å². The summed E-state index contributed by atoms with van der Waals surface area (Å²) in [5.74, 6) is 6.21. The Morgan fingerprint density at radius 3 is 2.84 bits per heavy atom. The highest BCUT2D eigenvalue weighted by Gasteiger charge is 2.09. The number of carbonyl (C=O) groups excluding carboxylic acids is 1. The fraction of sp³-hybridized carbons (Fsp3) is 0.429. The van der Waals surface area contributed by atoms with Crippen molar-refractivity contribution >= 4 is 11.8 Å². The zero-order valence-electron chi connectivity index (χ0n) is 11.3. The molecule has 19 heavy (non-hydrogen) atoms. The first-order chi connectivity index (χ1) is 9.21. The van der Waals surface area contributed by atoms with E-state index in [1.54, 1.807) is 23.2 Å². The number of hydrogen-bond acceptors (Lipinski definition) is 3. The lowest BCUT2D eigenvalue weighted by atomic mass is 10.2. The van der Waals surface area contributed by atoms with Gasteiger partial charge in [-0.15, -0.1) is 0 Å². The monoisotopic (exact) mass is 261 g/mol. The number of anilines is 1. The van der Waals surface area contributed by atoms with E-state index in [9.17, 15) is 4.79 Å². The summed E-state index contributed by atoms with van der Waals surface area (Å²) >= 11 is 0. The highest BCUT2D eigenvalue weighted by atomic mass is 16.2. The summed E-state index contributed by atoms with van der Waals surface area (Å²) in [4.78, 5) is 17.6. The van der Waals surface area contributed by atoms with Gasteiger partial charge in [0.2, 0.25) is 0 Å². The van der Waals surface area contributed by atoms with Crippen LogP contribution in [0.3, 0.4) is 0 Å². The maximum atomic E-state index is 11.9. The fourth-order valence-electron chi connectivity index (χ4n) is 1.50. The van der Waals surface area contributed by atoms with Gasteiger partial charge in [0.1, 0.15) is 5.82 Å². The molecule has 5 heteroatoms.